The Labute approximate surface area is 151 Å². The molecule has 0 aliphatic rings. The Kier molecular flexibility index (Phi) is 6.02. The van der Waals surface area contributed by atoms with Crippen LogP contribution in [0.3, 0.4) is 0 Å². The van der Waals surface area contributed by atoms with E-state index in [0.29, 0.717) is 23.5 Å². The number of hydrogen-bond acceptors (Lipinski definition) is 6. The summed E-state index contributed by atoms with van der Waals surface area (Å²) in [6.07, 6.45) is 0. The SMILES string of the molecule is CC(=N)[C@H](C#N)C(=O)COC(=O)c1c(C)nn(Cc2ccccc2)c1C. The molecule has 0 fully saturated rings. The van der Waals surface area contributed by atoms with E-state index in [4.69, 9.17) is 15.4 Å². The fourth-order valence-corrected chi connectivity index (χ4v) is 2.61. The molecule has 0 unspecified atom stereocenters. The maximum Gasteiger partial charge on any atom is 0.342 e. The average Bonchev–Trinajstić information content (AvgIpc) is 2.87. The molecule has 2 aromatic rings. The smallest absolute Gasteiger partial charge is 0.342 e. The second-order valence-electron chi connectivity index (χ2n) is 5.98. The molecule has 1 aromatic carbocycles. The predicted octanol–water partition coefficient (Wildman–Crippen LogP) is 2.45. The van der Waals surface area contributed by atoms with Crippen molar-refractivity contribution in [1.82, 2.24) is 9.78 Å². The minimum atomic E-state index is -1.19. The molecular weight excluding hydrogens is 332 g/mol. The highest BCUT2D eigenvalue weighted by atomic mass is 16.5. The lowest BCUT2D eigenvalue weighted by atomic mass is 10.0. The summed E-state index contributed by atoms with van der Waals surface area (Å²) in [6, 6.07) is 11.5. The zero-order valence-electron chi connectivity index (χ0n) is 14.9. The van der Waals surface area contributed by atoms with Crippen LogP contribution in [0, 0.1) is 36.5 Å². The van der Waals surface area contributed by atoms with Crippen LogP contribution in [0.1, 0.15) is 34.2 Å². The van der Waals surface area contributed by atoms with Gasteiger partial charge in [-0.05, 0) is 26.3 Å². The third kappa shape index (κ3) is 4.22. The zero-order valence-corrected chi connectivity index (χ0v) is 14.9. The topological polar surface area (TPSA) is 109 Å². The number of benzene rings is 1. The molecule has 0 amide bonds. The highest BCUT2D eigenvalue weighted by molar-refractivity contribution is 6.06. The summed E-state index contributed by atoms with van der Waals surface area (Å²) in [5.41, 5.74) is 2.44. The van der Waals surface area contributed by atoms with Gasteiger partial charge in [0.05, 0.1) is 24.0 Å². The van der Waals surface area contributed by atoms with E-state index >= 15 is 0 Å². The molecule has 0 aliphatic heterocycles. The van der Waals surface area contributed by atoms with E-state index < -0.39 is 24.3 Å². The molecule has 2 rings (SSSR count). The second-order valence-corrected chi connectivity index (χ2v) is 5.98. The second kappa shape index (κ2) is 8.21. The van der Waals surface area contributed by atoms with Crippen molar-refractivity contribution in [3.8, 4) is 6.07 Å². The number of nitrogens with zero attached hydrogens (tertiary/aromatic N) is 3. The fourth-order valence-electron chi connectivity index (χ4n) is 2.61. The lowest BCUT2D eigenvalue weighted by molar-refractivity contribution is -0.122. The Hall–Kier alpha value is -3.27. The number of aromatic nitrogens is 2. The Morgan fingerprint density at radius 3 is 2.54 bits per heavy atom. The zero-order chi connectivity index (χ0) is 19.3. The van der Waals surface area contributed by atoms with Gasteiger partial charge in [-0.2, -0.15) is 10.4 Å². The van der Waals surface area contributed by atoms with Gasteiger partial charge in [-0.1, -0.05) is 30.3 Å². The maximum absolute atomic E-state index is 12.4. The van der Waals surface area contributed by atoms with Crippen molar-refractivity contribution < 1.29 is 14.3 Å². The van der Waals surface area contributed by atoms with Gasteiger partial charge in [0.1, 0.15) is 11.5 Å². The molecule has 0 bridgehead atoms. The number of aryl methyl sites for hydroxylation is 1. The summed E-state index contributed by atoms with van der Waals surface area (Å²) in [5.74, 6) is -2.46. The van der Waals surface area contributed by atoms with Crippen LogP contribution in [-0.2, 0) is 16.1 Å². The summed E-state index contributed by atoms with van der Waals surface area (Å²) >= 11 is 0. The van der Waals surface area contributed by atoms with Crippen molar-refractivity contribution >= 4 is 17.5 Å². The first-order chi connectivity index (χ1) is 12.3. The van der Waals surface area contributed by atoms with Gasteiger partial charge in [-0.25, -0.2) is 4.79 Å². The molecular formula is C19H20N4O3. The Bertz CT molecular complexity index is 878. The van der Waals surface area contributed by atoms with Gasteiger partial charge in [0.2, 0.25) is 0 Å². The van der Waals surface area contributed by atoms with E-state index in [0.717, 1.165) is 5.56 Å². The van der Waals surface area contributed by atoms with Gasteiger partial charge in [0, 0.05) is 5.71 Å². The third-order valence-corrected chi connectivity index (χ3v) is 3.99. The normalized spacial score (nSPS) is 11.5. The van der Waals surface area contributed by atoms with Gasteiger partial charge >= 0.3 is 5.97 Å². The van der Waals surface area contributed by atoms with E-state index in [1.165, 1.54) is 6.92 Å². The molecule has 7 heteroatoms. The molecule has 0 aliphatic carbocycles. The molecule has 1 aromatic heterocycles. The van der Waals surface area contributed by atoms with Crippen LogP contribution in [-0.4, -0.2) is 33.9 Å². The summed E-state index contributed by atoms with van der Waals surface area (Å²) in [4.78, 5) is 24.3. The molecule has 0 saturated carbocycles. The summed E-state index contributed by atoms with van der Waals surface area (Å²) in [6.45, 7) is 4.81. The maximum atomic E-state index is 12.4. The van der Waals surface area contributed by atoms with Crippen LogP contribution >= 0.6 is 0 Å². The van der Waals surface area contributed by atoms with Crippen molar-refractivity contribution in [2.45, 2.75) is 27.3 Å². The number of carbonyl (C=O) groups is 2. The van der Waals surface area contributed by atoms with Crippen molar-refractivity contribution in [2.75, 3.05) is 6.61 Å². The van der Waals surface area contributed by atoms with Gasteiger partial charge < -0.3 is 10.1 Å². The predicted molar refractivity (Wildman–Crippen MR) is 95.0 cm³/mol. The monoisotopic (exact) mass is 352 g/mol. The van der Waals surface area contributed by atoms with Crippen molar-refractivity contribution in [1.29, 1.82) is 10.7 Å². The number of esters is 1. The molecule has 1 heterocycles. The molecule has 26 heavy (non-hydrogen) atoms. The first-order valence-corrected chi connectivity index (χ1v) is 8.07. The Balaban J connectivity index is 2.11. The van der Waals surface area contributed by atoms with Crippen LogP contribution in [0.25, 0.3) is 0 Å². The summed E-state index contributed by atoms with van der Waals surface area (Å²) in [5, 5.41) is 20.7. The standard InChI is InChI=1S/C19H20N4O3/c1-12(21)16(9-20)17(24)11-26-19(25)18-13(2)22-23(14(18)3)10-15-7-5-4-6-8-15/h4-8,16,21H,10-11H2,1-3H3/t16-/m0/s1. The Morgan fingerprint density at radius 1 is 1.31 bits per heavy atom. The van der Waals surface area contributed by atoms with Crippen LogP contribution < -0.4 is 0 Å². The van der Waals surface area contributed by atoms with E-state index in [1.807, 2.05) is 30.3 Å². The highest BCUT2D eigenvalue weighted by Crippen LogP contribution is 2.16. The molecule has 1 atom stereocenters. The Morgan fingerprint density at radius 2 is 1.96 bits per heavy atom. The number of ketones is 1. The summed E-state index contributed by atoms with van der Waals surface area (Å²) in [7, 11) is 0. The van der Waals surface area contributed by atoms with Crippen LogP contribution in [0.4, 0.5) is 0 Å². The average molecular weight is 352 g/mol. The summed E-state index contributed by atoms with van der Waals surface area (Å²) < 4.78 is 6.77. The molecule has 7 nitrogen and oxygen atoms in total. The number of Topliss-reactive ketones (excluding diaryl/α,β-unsaturated/α-hetero) is 1. The number of rotatable bonds is 7. The number of carbonyl (C=O) groups excluding carboxylic acids is 2. The first-order valence-electron chi connectivity index (χ1n) is 8.07. The lowest BCUT2D eigenvalue weighted by Crippen LogP contribution is -2.25. The quantitative estimate of drug-likeness (QED) is 0.608. The van der Waals surface area contributed by atoms with Crippen LogP contribution in [0.15, 0.2) is 30.3 Å². The molecule has 0 saturated heterocycles. The number of ether oxygens (including phenoxy) is 1. The lowest BCUT2D eigenvalue weighted by Gasteiger charge is -2.08. The van der Waals surface area contributed by atoms with Crippen molar-refractivity contribution in [3.05, 3.63) is 52.8 Å². The van der Waals surface area contributed by atoms with Crippen LogP contribution in [0.5, 0.6) is 0 Å². The van der Waals surface area contributed by atoms with Crippen LogP contribution in [0.2, 0.25) is 0 Å². The van der Waals surface area contributed by atoms with E-state index in [2.05, 4.69) is 5.10 Å². The molecule has 134 valence electrons. The molecule has 0 spiro atoms. The third-order valence-electron chi connectivity index (χ3n) is 3.99. The van der Waals surface area contributed by atoms with Crippen molar-refractivity contribution in [3.63, 3.8) is 0 Å². The molecule has 1 N–H and O–H groups in total. The largest absolute Gasteiger partial charge is 0.454 e. The van der Waals surface area contributed by atoms with Gasteiger partial charge in [0.25, 0.3) is 0 Å². The van der Waals surface area contributed by atoms with E-state index in [9.17, 15) is 9.59 Å². The van der Waals surface area contributed by atoms with E-state index in [1.54, 1.807) is 24.6 Å². The number of nitriles is 1. The molecule has 0 radical (unpaired) electrons. The van der Waals surface area contributed by atoms with Gasteiger partial charge in [0.15, 0.2) is 12.4 Å². The minimum Gasteiger partial charge on any atom is -0.454 e. The first kappa shape index (κ1) is 19.1. The minimum absolute atomic E-state index is 0.0726. The fraction of sp³-hybridized carbons (Fsp3) is 0.316. The van der Waals surface area contributed by atoms with E-state index in [-0.39, 0.29) is 5.71 Å². The van der Waals surface area contributed by atoms with Crippen molar-refractivity contribution in [2.24, 2.45) is 5.92 Å². The van der Waals surface area contributed by atoms with Gasteiger partial charge in [-0.15, -0.1) is 0 Å². The van der Waals surface area contributed by atoms with Gasteiger partial charge in [-0.3, -0.25) is 9.48 Å². The highest BCUT2D eigenvalue weighted by Gasteiger charge is 2.24. The number of hydrogen-bond donors (Lipinski definition) is 1. The number of nitrogens with one attached hydrogen (secondary N) is 1.